The van der Waals surface area contributed by atoms with Crippen molar-refractivity contribution in [2.75, 3.05) is 20.8 Å². The Morgan fingerprint density at radius 2 is 1.55 bits per heavy atom. The van der Waals surface area contributed by atoms with Crippen LogP contribution in [0, 0.1) is 6.92 Å². The molecule has 33 heavy (non-hydrogen) atoms. The molecule has 4 rings (SSSR count). The minimum Gasteiger partial charge on any atom is -0.493 e. The van der Waals surface area contributed by atoms with Crippen LogP contribution in [-0.2, 0) is 22.2 Å². The summed E-state index contributed by atoms with van der Waals surface area (Å²) in [5.41, 5.74) is 7.07. The highest BCUT2D eigenvalue weighted by atomic mass is 16.5. The van der Waals surface area contributed by atoms with Crippen LogP contribution in [0.3, 0.4) is 0 Å². The van der Waals surface area contributed by atoms with Gasteiger partial charge in [-0.2, -0.15) is 0 Å². The second-order valence-corrected chi connectivity index (χ2v) is 10.6. The Morgan fingerprint density at radius 3 is 2.09 bits per heavy atom. The topological polar surface area (TPSA) is 67.9 Å². The fraction of sp³-hybridized carbons (Fsp3) is 0.481. The lowest BCUT2D eigenvalue weighted by Crippen LogP contribution is -2.34. The molecule has 2 aromatic rings. The van der Waals surface area contributed by atoms with Gasteiger partial charge in [-0.3, -0.25) is 10.1 Å². The molecule has 6 nitrogen and oxygen atoms in total. The Hall–Kier alpha value is -3.02. The van der Waals surface area contributed by atoms with Gasteiger partial charge >= 0.3 is 6.03 Å². The molecular formula is C27H34N2O4. The molecule has 2 aliphatic rings. The maximum atomic E-state index is 12.1. The summed E-state index contributed by atoms with van der Waals surface area (Å²) in [5.74, 6) is 0.989. The summed E-state index contributed by atoms with van der Waals surface area (Å²) in [6.07, 6.45) is 2.29. The van der Waals surface area contributed by atoms with E-state index in [2.05, 4.69) is 52.1 Å². The third-order valence-corrected chi connectivity index (χ3v) is 7.27. The van der Waals surface area contributed by atoms with E-state index < -0.39 is 0 Å². The first-order valence-corrected chi connectivity index (χ1v) is 11.5. The van der Waals surface area contributed by atoms with Crippen LogP contribution in [-0.4, -0.2) is 37.6 Å². The molecule has 1 aliphatic carbocycles. The Morgan fingerprint density at radius 1 is 0.909 bits per heavy atom. The fourth-order valence-electron chi connectivity index (χ4n) is 5.16. The number of carbonyl (C=O) groups is 2. The predicted octanol–water partition coefficient (Wildman–Crippen LogP) is 5.08. The normalized spacial score (nSPS) is 18.7. The first-order chi connectivity index (χ1) is 15.5. The highest BCUT2D eigenvalue weighted by Crippen LogP contribution is 2.49. The molecule has 0 aromatic heterocycles. The number of fused-ring (bicyclic) bond motifs is 1. The van der Waals surface area contributed by atoms with Gasteiger partial charge in [0, 0.05) is 12.1 Å². The first-order valence-electron chi connectivity index (χ1n) is 11.5. The van der Waals surface area contributed by atoms with Gasteiger partial charge in [0.15, 0.2) is 11.5 Å². The molecular weight excluding hydrogens is 416 g/mol. The lowest BCUT2D eigenvalue weighted by atomic mass is 9.62. The van der Waals surface area contributed by atoms with Crippen molar-refractivity contribution in [3.05, 3.63) is 46.5 Å². The number of hydrogen-bond donors (Lipinski definition) is 1. The number of urea groups is 1. The first kappa shape index (κ1) is 23.1. The third kappa shape index (κ3) is 4.07. The Balaban J connectivity index is 1.88. The molecule has 1 N–H and O–H groups in total. The van der Waals surface area contributed by atoms with Gasteiger partial charge in [0.05, 0.1) is 14.2 Å². The number of nitrogens with one attached hydrogen (secondary N) is 1. The van der Waals surface area contributed by atoms with Crippen LogP contribution in [0.5, 0.6) is 11.5 Å². The molecule has 6 heteroatoms. The average molecular weight is 451 g/mol. The summed E-state index contributed by atoms with van der Waals surface area (Å²) < 4.78 is 11.5. The number of imide groups is 1. The van der Waals surface area contributed by atoms with E-state index in [-0.39, 0.29) is 29.3 Å². The lowest BCUT2D eigenvalue weighted by Gasteiger charge is -2.42. The van der Waals surface area contributed by atoms with Crippen LogP contribution in [0.1, 0.15) is 62.8 Å². The minimum atomic E-state index is -0.370. The third-order valence-electron chi connectivity index (χ3n) is 7.27. The molecule has 1 aliphatic heterocycles. The lowest BCUT2D eigenvalue weighted by molar-refractivity contribution is -0.118. The van der Waals surface area contributed by atoms with Crippen molar-refractivity contribution in [3.63, 3.8) is 0 Å². The number of carbonyl (C=O) groups excluding carboxylic acids is 2. The molecule has 3 amide bonds. The van der Waals surface area contributed by atoms with E-state index in [9.17, 15) is 9.59 Å². The second-order valence-electron chi connectivity index (χ2n) is 10.6. The molecule has 0 saturated carbocycles. The van der Waals surface area contributed by atoms with E-state index in [0.717, 1.165) is 29.5 Å². The van der Waals surface area contributed by atoms with Gasteiger partial charge in [0.1, 0.15) is 6.54 Å². The number of methoxy groups -OCH3 is 2. The van der Waals surface area contributed by atoms with Crippen LogP contribution >= 0.6 is 0 Å². The van der Waals surface area contributed by atoms with E-state index in [1.54, 1.807) is 14.2 Å². The van der Waals surface area contributed by atoms with Gasteiger partial charge in [-0.25, -0.2) is 4.79 Å². The van der Waals surface area contributed by atoms with Crippen molar-refractivity contribution in [2.24, 2.45) is 0 Å². The van der Waals surface area contributed by atoms with Crippen LogP contribution in [0.2, 0.25) is 0 Å². The van der Waals surface area contributed by atoms with Gasteiger partial charge in [0.25, 0.3) is 0 Å². The summed E-state index contributed by atoms with van der Waals surface area (Å²) in [7, 11) is 3.26. The molecule has 1 saturated heterocycles. The summed E-state index contributed by atoms with van der Waals surface area (Å²) in [6, 6.07) is 8.20. The van der Waals surface area contributed by atoms with Crippen molar-refractivity contribution in [1.82, 2.24) is 10.2 Å². The zero-order valence-corrected chi connectivity index (χ0v) is 20.7. The SMILES string of the molecule is COc1cc(CN2CC(=O)NC2=O)cc(-c2cc3c(cc2C)C(C)(C)CCC3(C)C)c1OC. The van der Waals surface area contributed by atoms with Crippen LogP contribution in [0.4, 0.5) is 4.79 Å². The van der Waals surface area contributed by atoms with Crippen molar-refractivity contribution < 1.29 is 19.1 Å². The average Bonchev–Trinajstić information content (AvgIpc) is 3.07. The largest absolute Gasteiger partial charge is 0.493 e. The maximum Gasteiger partial charge on any atom is 0.324 e. The number of hydrogen-bond acceptors (Lipinski definition) is 4. The summed E-state index contributed by atoms with van der Waals surface area (Å²) in [5, 5.41) is 2.34. The van der Waals surface area contributed by atoms with Gasteiger partial charge in [-0.15, -0.1) is 0 Å². The molecule has 1 fully saturated rings. The predicted molar refractivity (Wildman–Crippen MR) is 129 cm³/mol. The minimum absolute atomic E-state index is 0.0592. The fourth-order valence-corrected chi connectivity index (χ4v) is 5.16. The second kappa shape index (κ2) is 8.08. The highest BCUT2D eigenvalue weighted by Gasteiger charge is 2.38. The van der Waals surface area contributed by atoms with Crippen molar-refractivity contribution in [1.29, 1.82) is 0 Å². The van der Waals surface area contributed by atoms with E-state index in [4.69, 9.17) is 9.47 Å². The van der Waals surface area contributed by atoms with E-state index >= 15 is 0 Å². The van der Waals surface area contributed by atoms with Crippen molar-refractivity contribution in [2.45, 2.75) is 64.8 Å². The molecule has 2 aromatic carbocycles. The van der Waals surface area contributed by atoms with Crippen LogP contribution in [0.15, 0.2) is 24.3 Å². The standard InChI is InChI=1S/C27H34N2O4/c1-16-10-20-21(27(4,5)9-8-26(20,2)3)13-18(16)19-11-17(12-22(32-6)24(19)33-7)14-29-15-23(30)28-25(29)31/h10-13H,8-9,14-15H2,1-7H3,(H,28,30,31). The zero-order valence-electron chi connectivity index (χ0n) is 20.7. The van der Waals surface area contributed by atoms with Gasteiger partial charge in [-0.05, 0) is 76.6 Å². The van der Waals surface area contributed by atoms with Crippen molar-refractivity contribution in [3.8, 4) is 22.6 Å². The number of aryl methyl sites for hydroxylation is 1. The number of amides is 3. The van der Waals surface area contributed by atoms with E-state index in [1.807, 2.05) is 12.1 Å². The monoisotopic (exact) mass is 450 g/mol. The van der Waals surface area contributed by atoms with Crippen molar-refractivity contribution >= 4 is 11.9 Å². The molecule has 0 atom stereocenters. The van der Waals surface area contributed by atoms with Gasteiger partial charge < -0.3 is 14.4 Å². The molecule has 0 spiro atoms. The quantitative estimate of drug-likeness (QED) is 0.645. The molecule has 0 bridgehead atoms. The van der Waals surface area contributed by atoms with Crippen LogP contribution in [0.25, 0.3) is 11.1 Å². The van der Waals surface area contributed by atoms with Gasteiger partial charge in [0.2, 0.25) is 5.91 Å². The summed E-state index contributed by atoms with van der Waals surface area (Å²) in [4.78, 5) is 25.2. The maximum absolute atomic E-state index is 12.1. The molecule has 0 radical (unpaired) electrons. The molecule has 0 unspecified atom stereocenters. The van der Waals surface area contributed by atoms with Gasteiger partial charge in [-0.1, -0.05) is 33.8 Å². The Kier molecular flexibility index (Phi) is 5.67. The zero-order chi connectivity index (χ0) is 24.1. The van der Waals surface area contributed by atoms with E-state index in [0.29, 0.717) is 18.0 Å². The number of ether oxygens (including phenoxy) is 2. The smallest absolute Gasteiger partial charge is 0.324 e. The summed E-state index contributed by atoms with van der Waals surface area (Å²) >= 11 is 0. The Labute approximate surface area is 196 Å². The number of benzene rings is 2. The highest BCUT2D eigenvalue weighted by molar-refractivity contribution is 6.01. The Bertz CT molecular complexity index is 1130. The van der Waals surface area contributed by atoms with E-state index in [1.165, 1.54) is 21.6 Å². The number of nitrogens with zero attached hydrogens (tertiary/aromatic N) is 1. The van der Waals surface area contributed by atoms with Crippen LogP contribution < -0.4 is 14.8 Å². The summed E-state index contributed by atoms with van der Waals surface area (Å²) in [6.45, 7) is 11.8. The number of rotatable bonds is 5. The molecule has 176 valence electrons. The molecule has 1 heterocycles.